The Morgan fingerprint density at radius 3 is 2.69 bits per heavy atom. The molecule has 6 heteroatoms. The number of rotatable bonds is 5. The molecular weight excluding hydrogens is 214 g/mol. The number of hydrogen-bond donors (Lipinski definition) is 2. The molecule has 0 spiro atoms. The van der Waals surface area contributed by atoms with Crippen LogP contribution in [-0.4, -0.2) is 48.9 Å². The van der Waals surface area contributed by atoms with Crippen molar-refractivity contribution in [2.24, 2.45) is 0 Å². The zero-order chi connectivity index (χ0) is 12.0. The maximum atomic E-state index is 10.7. The second-order valence-corrected chi connectivity index (χ2v) is 3.89. The molecule has 0 bridgehead atoms. The van der Waals surface area contributed by atoms with Gasteiger partial charge in [0.1, 0.15) is 5.60 Å². The molecule has 0 aromatic heterocycles. The maximum Gasteiger partial charge on any atom is 0.306 e. The van der Waals surface area contributed by atoms with E-state index in [1.54, 1.807) is 0 Å². The zero-order valence-electron chi connectivity index (χ0n) is 9.32. The Kier molecular flexibility index (Phi) is 4.70. The van der Waals surface area contributed by atoms with Crippen LogP contribution in [0.2, 0.25) is 0 Å². The molecule has 1 heterocycles. The monoisotopic (exact) mass is 231 g/mol. The van der Waals surface area contributed by atoms with Crippen molar-refractivity contribution in [3.8, 4) is 0 Å². The lowest BCUT2D eigenvalue weighted by atomic mass is 9.95. The smallest absolute Gasteiger partial charge is 0.306 e. The summed E-state index contributed by atoms with van der Waals surface area (Å²) in [6, 6.07) is 0. The van der Waals surface area contributed by atoms with E-state index < -0.39 is 11.6 Å². The molecule has 0 aromatic carbocycles. The second kappa shape index (κ2) is 5.81. The zero-order valence-corrected chi connectivity index (χ0v) is 9.32. The number of amides is 1. The highest BCUT2D eigenvalue weighted by Gasteiger charge is 2.36. The summed E-state index contributed by atoms with van der Waals surface area (Å²) in [6.45, 7) is 2.96. The third-order valence-electron chi connectivity index (χ3n) is 2.43. The molecule has 1 aliphatic heterocycles. The molecule has 6 nitrogen and oxygen atoms in total. The van der Waals surface area contributed by atoms with Gasteiger partial charge in [-0.05, 0) is 6.42 Å². The minimum absolute atomic E-state index is 0.105. The first-order valence-corrected chi connectivity index (χ1v) is 5.22. The average Bonchev–Trinajstić information content (AvgIpc) is 2.17. The van der Waals surface area contributed by atoms with Gasteiger partial charge in [0.05, 0.1) is 26.2 Å². The van der Waals surface area contributed by atoms with Gasteiger partial charge in [-0.25, -0.2) is 0 Å². The van der Waals surface area contributed by atoms with Crippen LogP contribution in [0.5, 0.6) is 0 Å². The van der Waals surface area contributed by atoms with Crippen molar-refractivity contribution in [1.29, 1.82) is 0 Å². The fraction of sp³-hybridized carbons (Fsp3) is 0.800. The van der Waals surface area contributed by atoms with Gasteiger partial charge < -0.3 is 19.9 Å². The van der Waals surface area contributed by atoms with E-state index in [0.29, 0.717) is 26.2 Å². The molecule has 1 aliphatic rings. The lowest BCUT2D eigenvalue weighted by molar-refractivity contribution is -0.176. The number of nitrogens with one attached hydrogen (secondary N) is 1. The SMILES string of the molecule is CC(=O)NCCC1(CC(=O)O)COCCO1. The molecule has 1 fully saturated rings. The lowest BCUT2D eigenvalue weighted by Gasteiger charge is -2.36. The molecule has 1 rings (SSSR count). The highest BCUT2D eigenvalue weighted by molar-refractivity contribution is 5.72. The summed E-state index contributed by atoms with van der Waals surface area (Å²) in [7, 11) is 0. The third-order valence-corrected chi connectivity index (χ3v) is 2.43. The van der Waals surface area contributed by atoms with Crippen molar-refractivity contribution in [2.45, 2.75) is 25.4 Å². The van der Waals surface area contributed by atoms with Crippen LogP contribution in [-0.2, 0) is 19.1 Å². The quantitative estimate of drug-likeness (QED) is 0.683. The largest absolute Gasteiger partial charge is 0.481 e. The normalized spacial score (nSPS) is 25.1. The first-order chi connectivity index (χ1) is 7.54. The Labute approximate surface area is 93.9 Å². The molecule has 0 radical (unpaired) electrons. The summed E-state index contributed by atoms with van der Waals surface area (Å²) >= 11 is 0. The van der Waals surface area contributed by atoms with Crippen molar-refractivity contribution < 1.29 is 24.2 Å². The molecule has 1 unspecified atom stereocenters. The standard InChI is InChI=1S/C10H17NO5/c1-8(12)11-3-2-10(6-9(13)14)7-15-4-5-16-10/h2-7H2,1H3,(H,11,12)(H,13,14). The number of aliphatic carboxylic acids is 1. The molecule has 2 N–H and O–H groups in total. The van der Waals surface area contributed by atoms with Crippen LogP contribution in [0.1, 0.15) is 19.8 Å². The van der Waals surface area contributed by atoms with Gasteiger partial charge in [-0.2, -0.15) is 0 Å². The van der Waals surface area contributed by atoms with E-state index in [4.69, 9.17) is 14.6 Å². The fourth-order valence-electron chi connectivity index (χ4n) is 1.69. The minimum Gasteiger partial charge on any atom is -0.481 e. The topological polar surface area (TPSA) is 84.9 Å². The number of carbonyl (C=O) groups excluding carboxylic acids is 1. The summed E-state index contributed by atoms with van der Waals surface area (Å²) in [5.41, 5.74) is -0.799. The average molecular weight is 231 g/mol. The molecule has 1 saturated heterocycles. The lowest BCUT2D eigenvalue weighted by Crippen LogP contribution is -2.47. The second-order valence-electron chi connectivity index (χ2n) is 3.89. The number of carbonyl (C=O) groups is 2. The van der Waals surface area contributed by atoms with Gasteiger partial charge in [0.2, 0.25) is 5.91 Å². The van der Waals surface area contributed by atoms with Gasteiger partial charge in [-0.1, -0.05) is 0 Å². The van der Waals surface area contributed by atoms with Crippen LogP contribution in [0, 0.1) is 0 Å². The van der Waals surface area contributed by atoms with Gasteiger partial charge in [0.25, 0.3) is 0 Å². The molecule has 1 amide bonds. The van der Waals surface area contributed by atoms with Crippen molar-refractivity contribution >= 4 is 11.9 Å². The molecule has 0 aliphatic carbocycles. The predicted molar refractivity (Wildman–Crippen MR) is 55.1 cm³/mol. The molecule has 1 atom stereocenters. The van der Waals surface area contributed by atoms with Crippen molar-refractivity contribution in [3.05, 3.63) is 0 Å². The van der Waals surface area contributed by atoms with E-state index in [-0.39, 0.29) is 18.9 Å². The molecule has 92 valence electrons. The Bertz CT molecular complexity index is 260. The fourth-order valence-corrected chi connectivity index (χ4v) is 1.69. The van der Waals surface area contributed by atoms with Crippen LogP contribution in [0.4, 0.5) is 0 Å². The number of hydrogen-bond acceptors (Lipinski definition) is 4. The van der Waals surface area contributed by atoms with E-state index in [1.807, 2.05) is 0 Å². The van der Waals surface area contributed by atoms with Crippen LogP contribution < -0.4 is 5.32 Å². The van der Waals surface area contributed by atoms with E-state index in [2.05, 4.69) is 5.32 Å². The van der Waals surface area contributed by atoms with E-state index in [9.17, 15) is 9.59 Å². The first-order valence-electron chi connectivity index (χ1n) is 5.22. The van der Waals surface area contributed by atoms with E-state index >= 15 is 0 Å². The molecule has 16 heavy (non-hydrogen) atoms. The summed E-state index contributed by atoms with van der Waals surface area (Å²) in [5.74, 6) is -1.06. The number of carboxylic acid groups (broad SMARTS) is 1. The first kappa shape index (κ1) is 12.9. The third kappa shape index (κ3) is 4.16. The number of carboxylic acids is 1. The van der Waals surface area contributed by atoms with Crippen molar-refractivity contribution in [3.63, 3.8) is 0 Å². The van der Waals surface area contributed by atoms with Crippen molar-refractivity contribution in [1.82, 2.24) is 5.32 Å². The molecule has 0 saturated carbocycles. The van der Waals surface area contributed by atoms with E-state index in [1.165, 1.54) is 6.92 Å². The van der Waals surface area contributed by atoms with Crippen LogP contribution in [0.15, 0.2) is 0 Å². The van der Waals surface area contributed by atoms with Crippen LogP contribution in [0.3, 0.4) is 0 Å². The highest BCUT2D eigenvalue weighted by atomic mass is 16.6. The van der Waals surface area contributed by atoms with Gasteiger partial charge in [0, 0.05) is 13.5 Å². The maximum absolute atomic E-state index is 10.7. The Morgan fingerprint density at radius 1 is 1.44 bits per heavy atom. The minimum atomic E-state index is -0.923. The van der Waals surface area contributed by atoms with Gasteiger partial charge in [0.15, 0.2) is 0 Å². The Morgan fingerprint density at radius 2 is 2.19 bits per heavy atom. The van der Waals surface area contributed by atoms with Crippen LogP contribution >= 0.6 is 0 Å². The summed E-state index contributed by atoms with van der Waals surface area (Å²) in [5, 5.41) is 11.4. The summed E-state index contributed by atoms with van der Waals surface area (Å²) < 4.78 is 10.7. The highest BCUT2D eigenvalue weighted by Crippen LogP contribution is 2.24. The van der Waals surface area contributed by atoms with E-state index in [0.717, 1.165) is 0 Å². The summed E-state index contributed by atoms with van der Waals surface area (Å²) in [4.78, 5) is 21.5. The van der Waals surface area contributed by atoms with Gasteiger partial charge in [-0.3, -0.25) is 9.59 Å². The Hall–Kier alpha value is -1.14. The Balaban J connectivity index is 2.48. The predicted octanol–water partition coefficient (Wildman–Crippen LogP) is -0.227. The molecular formula is C10H17NO5. The van der Waals surface area contributed by atoms with Gasteiger partial charge >= 0.3 is 5.97 Å². The van der Waals surface area contributed by atoms with Crippen molar-refractivity contribution in [2.75, 3.05) is 26.4 Å². The number of ether oxygens (including phenoxy) is 2. The van der Waals surface area contributed by atoms with Crippen LogP contribution in [0.25, 0.3) is 0 Å². The van der Waals surface area contributed by atoms with Gasteiger partial charge in [-0.15, -0.1) is 0 Å². The summed E-state index contributed by atoms with van der Waals surface area (Å²) in [6.07, 6.45) is 0.339. The molecule has 0 aromatic rings.